The number of carbonyl (C=O) groups excluding carboxylic acids is 1. The highest BCUT2D eigenvalue weighted by atomic mass is 32.2. The number of morpholine rings is 1. The van der Waals surface area contributed by atoms with Crippen LogP contribution in [-0.2, 0) is 32.5 Å². The first-order chi connectivity index (χ1) is 13.6. The molecule has 1 saturated heterocycles. The predicted octanol–water partition coefficient (Wildman–Crippen LogP) is 1.92. The zero-order valence-corrected chi connectivity index (χ0v) is 18.4. The Kier molecular flexibility index (Phi) is 6.30. The van der Waals surface area contributed by atoms with Crippen LogP contribution in [0.25, 0.3) is 11.0 Å². The van der Waals surface area contributed by atoms with Crippen LogP contribution in [0.1, 0.15) is 39.9 Å². The van der Waals surface area contributed by atoms with Gasteiger partial charge in [0, 0.05) is 38.0 Å². The molecule has 2 heterocycles. The van der Waals surface area contributed by atoms with E-state index in [-0.39, 0.29) is 16.3 Å². The number of hydrogen-bond acceptors (Lipinski definition) is 5. The average Bonchev–Trinajstić information content (AvgIpc) is 3.02. The molecule has 1 fully saturated rings. The van der Waals surface area contributed by atoms with E-state index in [9.17, 15) is 13.2 Å². The van der Waals surface area contributed by atoms with Crippen molar-refractivity contribution >= 4 is 27.0 Å². The lowest BCUT2D eigenvalue weighted by atomic mass is 10.1. The van der Waals surface area contributed by atoms with Crippen LogP contribution in [0.3, 0.4) is 0 Å². The summed E-state index contributed by atoms with van der Waals surface area (Å²) in [6.07, 6.45) is 0.829. The van der Waals surface area contributed by atoms with Crippen LogP contribution in [0.5, 0.6) is 0 Å². The lowest BCUT2D eigenvalue weighted by molar-refractivity contribution is -0.122. The summed E-state index contributed by atoms with van der Waals surface area (Å²) in [6.45, 7) is 10.1. The van der Waals surface area contributed by atoms with Gasteiger partial charge in [-0.3, -0.25) is 4.79 Å². The van der Waals surface area contributed by atoms with Crippen molar-refractivity contribution in [1.82, 2.24) is 19.2 Å². The lowest BCUT2D eigenvalue weighted by Gasteiger charge is -2.26. The summed E-state index contributed by atoms with van der Waals surface area (Å²) in [5, 5.41) is 2.95. The van der Waals surface area contributed by atoms with Crippen LogP contribution < -0.4 is 5.32 Å². The molecule has 0 bridgehead atoms. The van der Waals surface area contributed by atoms with E-state index >= 15 is 0 Å². The van der Waals surface area contributed by atoms with Gasteiger partial charge in [0.25, 0.3) is 0 Å². The third-order valence-electron chi connectivity index (χ3n) is 4.81. The summed E-state index contributed by atoms with van der Waals surface area (Å²) in [5.74, 6) is 0.760. The van der Waals surface area contributed by atoms with Crippen LogP contribution in [0.2, 0.25) is 0 Å². The maximum absolute atomic E-state index is 12.9. The highest BCUT2D eigenvalue weighted by molar-refractivity contribution is 7.89. The molecule has 1 aliphatic rings. The third-order valence-corrected chi connectivity index (χ3v) is 6.71. The van der Waals surface area contributed by atoms with Gasteiger partial charge in [0.2, 0.25) is 15.9 Å². The largest absolute Gasteiger partial charge is 0.379 e. The van der Waals surface area contributed by atoms with E-state index in [1.54, 1.807) is 18.2 Å². The number of benzene rings is 1. The fraction of sp³-hybridized carbons (Fsp3) is 0.600. The number of ether oxygens (including phenoxy) is 1. The van der Waals surface area contributed by atoms with Gasteiger partial charge in [0.15, 0.2) is 0 Å². The average molecular weight is 423 g/mol. The van der Waals surface area contributed by atoms with Gasteiger partial charge in [0.1, 0.15) is 5.82 Å². The number of amides is 1. The summed E-state index contributed by atoms with van der Waals surface area (Å²) in [7, 11) is -3.57. The van der Waals surface area contributed by atoms with Gasteiger partial charge in [0.05, 0.1) is 29.1 Å². The molecule has 1 aromatic heterocycles. The van der Waals surface area contributed by atoms with Crippen molar-refractivity contribution in [3.05, 3.63) is 24.0 Å². The van der Waals surface area contributed by atoms with Gasteiger partial charge in [-0.25, -0.2) is 13.4 Å². The molecule has 1 aromatic carbocycles. The van der Waals surface area contributed by atoms with Gasteiger partial charge in [-0.15, -0.1) is 0 Å². The van der Waals surface area contributed by atoms with Crippen LogP contribution in [0, 0.1) is 0 Å². The predicted molar refractivity (Wildman–Crippen MR) is 111 cm³/mol. The van der Waals surface area contributed by atoms with E-state index in [1.807, 2.05) is 32.3 Å². The number of aryl methyl sites for hydroxylation is 2. The third kappa shape index (κ3) is 4.96. The van der Waals surface area contributed by atoms with E-state index in [1.165, 1.54) is 4.31 Å². The first kappa shape index (κ1) is 21.7. The molecular weight excluding hydrogens is 392 g/mol. The highest BCUT2D eigenvalue weighted by Crippen LogP contribution is 2.24. The van der Waals surface area contributed by atoms with Gasteiger partial charge >= 0.3 is 0 Å². The molecular formula is C20H30N4O4S. The molecule has 160 valence electrons. The van der Waals surface area contributed by atoms with Crippen LogP contribution in [0.15, 0.2) is 23.1 Å². The highest BCUT2D eigenvalue weighted by Gasteiger charge is 2.27. The molecule has 1 amide bonds. The Morgan fingerprint density at radius 1 is 1.24 bits per heavy atom. The topological polar surface area (TPSA) is 93.5 Å². The van der Waals surface area contributed by atoms with Crippen LogP contribution in [0.4, 0.5) is 0 Å². The Labute approximate surface area is 172 Å². The second kappa shape index (κ2) is 8.41. The summed E-state index contributed by atoms with van der Waals surface area (Å²) in [4.78, 5) is 17.1. The monoisotopic (exact) mass is 422 g/mol. The molecule has 0 saturated carbocycles. The molecule has 0 atom stereocenters. The van der Waals surface area contributed by atoms with E-state index < -0.39 is 10.0 Å². The summed E-state index contributed by atoms with van der Waals surface area (Å²) in [6, 6.07) is 5.07. The molecule has 9 heteroatoms. The number of hydrogen-bond donors (Lipinski definition) is 1. The van der Waals surface area contributed by atoms with Crippen molar-refractivity contribution in [2.75, 3.05) is 26.3 Å². The molecule has 2 aromatic rings. The quantitative estimate of drug-likeness (QED) is 0.768. The van der Waals surface area contributed by atoms with Crippen molar-refractivity contribution in [3.8, 4) is 0 Å². The molecule has 3 rings (SSSR count). The summed E-state index contributed by atoms with van der Waals surface area (Å²) < 4.78 is 34.6. The fourth-order valence-corrected chi connectivity index (χ4v) is 4.93. The van der Waals surface area contributed by atoms with Gasteiger partial charge < -0.3 is 14.6 Å². The molecule has 0 radical (unpaired) electrons. The van der Waals surface area contributed by atoms with E-state index in [4.69, 9.17) is 4.74 Å². The number of imidazole rings is 1. The molecule has 0 aliphatic carbocycles. The minimum absolute atomic E-state index is 0.0252. The number of nitrogens with zero attached hydrogens (tertiary/aromatic N) is 3. The number of sulfonamides is 1. The lowest BCUT2D eigenvalue weighted by Crippen LogP contribution is -2.40. The maximum Gasteiger partial charge on any atom is 0.243 e. The first-order valence-electron chi connectivity index (χ1n) is 10.00. The van der Waals surface area contributed by atoms with Crippen LogP contribution >= 0.6 is 0 Å². The number of aromatic nitrogens is 2. The van der Waals surface area contributed by atoms with Crippen molar-refractivity contribution in [2.24, 2.45) is 0 Å². The molecule has 29 heavy (non-hydrogen) atoms. The SMILES string of the molecule is CCn1c(CCC(=O)NC(C)(C)C)nc2cc(S(=O)(=O)N3CCOCC3)ccc21. The fourth-order valence-electron chi connectivity index (χ4n) is 3.51. The van der Waals surface area contributed by atoms with Crippen molar-refractivity contribution in [3.63, 3.8) is 0 Å². The Bertz CT molecular complexity index is 986. The Morgan fingerprint density at radius 3 is 2.55 bits per heavy atom. The van der Waals surface area contributed by atoms with E-state index in [0.717, 1.165) is 11.3 Å². The molecule has 8 nitrogen and oxygen atoms in total. The Morgan fingerprint density at radius 2 is 1.93 bits per heavy atom. The molecule has 0 spiro atoms. The summed E-state index contributed by atoms with van der Waals surface area (Å²) in [5.41, 5.74) is 1.23. The standard InChI is InChI=1S/C20H30N4O4S/c1-5-24-17-7-6-15(29(26,27)23-10-12-28-13-11-23)14-16(17)21-18(24)8-9-19(25)22-20(2,3)4/h6-7,14H,5,8-13H2,1-4H3,(H,22,25). The summed E-state index contributed by atoms with van der Waals surface area (Å²) >= 11 is 0. The second-order valence-electron chi connectivity index (χ2n) is 8.24. The van der Waals surface area contributed by atoms with E-state index in [0.29, 0.717) is 51.2 Å². The van der Waals surface area contributed by atoms with Gasteiger partial charge in [-0.2, -0.15) is 4.31 Å². The van der Waals surface area contributed by atoms with Crippen LogP contribution in [-0.4, -0.2) is 60.0 Å². The molecule has 0 unspecified atom stereocenters. The number of carbonyl (C=O) groups is 1. The zero-order valence-electron chi connectivity index (χ0n) is 17.6. The van der Waals surface area contributed by atoms with Gasteiger partial charge in [-0.1, -0.05) is 0 Å². The van der Waals surface area contributed by atoms with Crippen molar-refractivity contribution in [2.45, 2.75) is 57.5 Å². The minimum atomic E-state index is -3.57. The van der Waals surface area contributed by atoms with Crippen molar-refractivity contribution < 1.29 is 17.9 Å². The normalized spacial score (nSPS) is 16.3. The Balaban J connectivity index is 1.85. The Hall–Kier alpha value is -1.97. The second-order valence-corrected chi connectivity index (χ2v) is 10.2. The van der Waals surface area contributed by atoms with Crippen molar-refractivity contribution in [1.29, 1.82) is 0 Å². The first-order valence-corrected chi connectivity index (χ1v) is 11.4. The van der Waals surface area contributed by atoms with Gasteiger partial charge in [-0.05, 0) is 45.9 Å². The number of rotatable bonds is 6. The number of nitrogens with one attached hydrogen (secondary N) is 1. The minimum Gasteiger partial charge on any atom is -0.379 e. The molecule has 1 aliphatic heterocycles. The van der Waals surface area contributed by atoms with E-state index in [2.05, 4.69) is 10.3 Å². The zero-order chi connectivity index (χ0) is 21.2. The molecule has 1 N–H and O–H groups in total. The smallest absolute Gasteiger partial charge is 0.243 e. The maximum atomic E-state index is 12.9. The number of fused-ring (bicyclic) bond motifs is 1.